The van der Waals surface area contributed by atoms with Crippen molar-refractivity contribution in [3.8, 4) is 0 Å². The van der Waals surface area contributed by atoms with Crippen LogP contribution in [0.1, 0.15) is 87.0 Å². The third kappa shape index (κ3) is 5.46. The number of ether oxygens (including phenoxy) is 1. The maximum Gasteiger partial charge on any atom is 0.433 e. The molecule has 2 aliphatic heterocycles. The predicted octanol–water partition coefficient (Wildman–Crippen LogP) is 5.58. The van der Waals surface area contributed by atoms with Crippen LogP contribution in [0.3, 0.4) is 0 Å². The van der Waals surface area contributed by atoms with Gasteiger partial charge in [-0.15, -0.1) is 0 Å². The molecule has 288 valence electrons. The lowest BCUT2D eigenvalue weighted by Gasteiger charge is -2.33. The van der Waals surface area contributed by atoms with Crippen LogP contribution in [-0.4, -0.2) is 65.2 Å². The number of carbonyl (C=O) groups is 2. The quantitative estimate of drug-likeness (QED) is 0.192. The Bertz CT molecular complexity index is 2390. The molecule has 4 aromatic rings. The maximum absolute atomic E-state index is 14.0. The van der Waals surface area contributed by atoms with Gasteiger partial charge in [-0.3, -0.25) is 14.6 Å². The number of hydrogen-bond acceptors (Lipinski definition) is 8. The zero-order valence-corrected chi connectivity index (χ0v) is 29.8. The van der Waals surface area contributed by atoms with E-state index in [0.717, 1.165) is 23.3 Å². The van der Waals surface area contributed by atoms with Gasteiger partial charge in [0.05, 0.1) is 18.0 Å². The van der Waals surface area contributed by atoms with Crippen molar-refractivity contribution in [1.82, 2.24) is 25.6 Å². The summed E-state index contributed by atoms with van der Waals surface area (Å²) in [4.78, 5) is 49.3. The Kier molecular flexibility index (Phi) is 8.24. The molecule has 5 aliphatic rings. The standard InChI is InChI=1S/C40H33F6N7O3/c1-56-17-16-48-33-23-7-9-29(39(41,42)43)50-31(23)37(35(54)52-33)13-11-22-21(4-2-5-26(22)37)25-18-20(25)19-49-34-24-8-10-30(40(44,45)46)51-32(24)38(36(55)53-34)14-12-28-27(38)6-3-15-47-28/h2-10,15,20,25H,11-14,16-19H2,1H3,(H,48,52,54)(H,49,53,55)/t20?,25?,37-,38-/m1/s1. The van der Waals surface area contributed by atoms with Gasteiger partial charge in [-0.05, 0) is 96.5 Å². The number of amides is 2. The largest absolute Gasteiger partial charge is 0.433 e. The van der Waals surface area contributed by atoms with E-state index in [1.807, 2.05) is 6.07 Å². The number of aliphatic imine (C=N–C) groups is 2. The topological polar surface area (TPSA) is 131 Å². The van der Waals surface area contributed by atoms with Gasteiger partial charge in [-0.1, -0.05) is 24.3 Å². The van der Waals surface area contributed by atoms with Crippen molar-refractivity contribution < 1.29 is 40.7 Å². The Morgan fingerprint density at radius 1 is 0.768 bits per heavy atom. The van der Waals surface area contributed by atoms with E-state index >= 15 is 0 Å². The van der Waals surface area contributed by atoms with Crippen LogP contribution in [0.5, 0.6) is 0 Å². The first-order chi connectivity index (χ1) is 26.8. The van der Waals surface area contributed by atoms with Crippen molar-refractivity contribution >= 4 is 23.5 Å². The lowest BCUT2D eigenvalue weighted by Crippen LogP contribution is -2.44. The first-order valence-corrected chi connectivity index (χ1v) is 18.2. The molecule has 1 saturated carbocycles. The molecule has 2 amide bonds. The average molecular weight is 774 g/mol. The van der Waals surface area contributed by atoms with Crippen molar-refractivity contribution in [3.63, 3.8) is 0 Å². The number of methoxy groups -OCH3 is 1. The molecule has 3 aromatic heterocycles. The average Bonchev–Trinajstić information content (AvgIpc) is 3.68. The fourth-order valence-electron chi connectivity index (χ4n) is 9.09. The molecule has 16 heteroatoms. The summed E-state index contributed by atoms with van der Waals surface area (Å²) in [6.45, 7) is 0.887. The van der Waals surface area contributed by atoms with Gasteiger partial charge in [0.25, 0.3) is 11.8 Å². The second-order valence-electron chi connectivity index (χ2n) is 14.8. The fraction of sp³-hybridized carbons (Fsp3) is 0.375. The van der Waals surface area contributed by atoms with Crippen LogP contribution in [0, 0.1) is 5.92 Å². The Hall–Kier alpha value is -5.51. The minimum Gasteiger partial charge on any atom is -0.383 e. The summed E-state index contributed by atoms with van der Waals surface area (Å²) in [7, 11) is 1.50. The molecule has 3 aliphatic carbocycles. The van der Waals surface area contributed by atoms with Crippen LogP contribution >= 0.6 is 0 Å². The number of pyridine rings is 3. The summed E-state index contributed by atoms with van der Waals surface area (Å²) in [6.07, 6.45) is -6.00. The Balaban J connectivity index is 1.01. The van der Waals surface area contributed by atoms with Crippen LogP contribution in [0.25, 0.3) is 0 Å². The number of hydrogen-bond donors (Lipinski definition) is 2. The van der Waals surface area contributed by atoms with Crippen molar-refractivity contribution in [3.05, 3.63) is 123 Å². The number of nitrogens with zero attached hydrogens (tertiary/aromatic N) is 5. The van der Waals surface area contributed by atoms with Gasteiger partial charge in [0.2, 0.25) is 0 Å². The van der Waals surface area contributed by atoms with Gasteiger partial charge in [0, 0.05) is 43.2 Å². The molecule has 9 rings (SSSR count). The molecule has 2 N–H and O–H groups in total. The molecule has 0 radical (unpaired) electrons. The Morgan fingerprint density at radius 3 is 2.02 bits per heavy atom. The van der Waals surface area contributed by atoms with Crippen molar-refractivity contribution in [2.24, 2.45) is 15.9 Å². The van der Waals surface area contributed by atoms with Crippen LogP contribution in [-0.2, 0) is 50.4 Å². The van der Waals surface area contributed by atoms with E-state index in [2.05, 4.69) is 35.6 Å². The van der Waals surface area contributed by atoms with Gasteiger partial charge in [-0.25, -0.2) is 9.97 Å². The Labute approximate surface area is 315 Å². The van der Waals surface area contributed by atoms with E-state index in [1.165, 1.54) is 19.2 Å². The van der Waals surface area contributed by atoms with Gasteiger partial charge < -0.3 is 15.4 Å². The second kappa shape index (κ2) is 12.8. The van der Waals surface area contributed by atoms with Crippen LogP contribution < -0.4 is 10.6 Å². The molecule has 5 heterocycles. The molecule has 2 unspecified atom stereocenters. The third-order valence-electron chi connectivity index (χ3n) is 11.8. The van der Waals surface area contributed by atoms with Gasteiger partial charge >= 0.3 is 12.4 Å². The van der Waals surface area contributed by atoms with E-state index < -0.39 is 46.4 Å². The van der Waals surface area contributed by atoms with E-state index in [9.17, 15) is 35.9 Å². The summed E-state index contributed by atoms with van der Waals surface area (Å²) in [5, 5.41) is 6.25. The summed E-state index contributed by atoms with van der Waals surface area (Å²) in [5.74, 6) is -0.903. The highest BCUT2D eigenvalue weighted by atomic mass is 19.4. The highest BCUT2D eigenvalue weighted by Gasteiger charge is 2.56. The van der Waals surface area contributed by atoms with Gasteiger partial charge in [0.1, 0.15) is 33.9 Å². The molecule has 0 bridgehead atoms. The minimum absolute atomic E-state index is 0.000433. The monoisotopic (exact) mass is 773 g/mol. The first kappa shape index (κ1) is 36.1. The zero-order chi connectivity index (χ0) is 39.2. The molecule has 10 nitrogen and oxygen atoms in total. The summed E-state index contributed by atoms with van der Waals surface area (Å²) in [5.41, 5.74) is -1.04. The molecule has 1 fully saturated rings. The normalized spacial score (nSPS) is 24.7. The first-order valence-electron chi connectivity index (χ1n) is 18.2. The summed E-state index contributed by atoms with van der Waals surface area (Å²) < 4.78 is 89.0. The van der Waals surface area contributed by atoms with E-state index in [4.69, 9.17) is 4.74 Å². The number of alkyl halides is 6. The minimum atomic E-state index is -4.74. The van der Waals surface area contributed by atoms with E-state index in [0.29, 0.717) is 53.8 Å². The molecule has 4 atom stereocenters. The zero-order valence-electron chi connectivity index (χ0n) is 29.8. The van der Waals surface area contributed by atoms with Crippen LogP contribution in [0.15, 0.2) is 70.8 Å². The van der Waals surface area contributed by atoms with Crippen molar-refractivity contribution in [2.45, 2.75) is 61.2 Å². The molecular weight excluding hydrogens is 740 g/mol. The summed E-state index contributed by atoms with van der Waals surface area (Å²) in [6, 6.07) is 13.2. The fourth-order valence-corrected chi connectivity index (χ4v) is 9.09. The number of halogens is 6. The Morgan fingerprint density at radius 2 is 1.38 bits per heavy atom. The SMILES string of the molecule is COCCNC1=NC(=O)[C@@]2(CCc3c(C4CC4CNC4=NC(=O)[C@@]5(CCc6ncccc65)c5nc(C(F)(F)F)ccc54)cccc32)c2nc(C(F)(F)F)ccc21. The molecule has 56 heavy (non-hydrogen) atoms. The number of carbonyl (C=O) groups excluding carboxylic acids is 2. The lowest BCUT2D eigenvalue weighted by atomic mass is 9.73. The summed E-state index contributed by atoms with van der Waals surface area (Å²) >= 11 is 0. The van der Waals surface area contributed by atoms with Gasteiger partial charge in [-0.2, -0.15) is 36.3 Å². The third-order valence-corrected chi connectivity index (χ3v) is 11.8. The number of rotatable bonds is 6. The highest BCUT2D eigenvalue weighted by Crippen LogP contribution is 2.55. The number of amidine groups is 2. The van der Waals surface area contributed by atoms with Crippen LogP contribution in [0.2, 0.25) is 0 Å². The predicted molar refractivity (Wildman–Crippen MR) is 189 cm³/mol. The number of nitrogens with one attached hydrogen (secondary N) is 2. The molecular formula is C40H33F6N7O3. The molecule has 1 aromatic carbocycles. The van der Waals surface area contributed by atoms with Crippen molar-refractivity contribution in [2.75, 3.05) is 26.8 Å². The van der Waals surface area contributed by atoms with Gasteiger partial charge in [0.15, 0.2) is 0 Å². The second-order valence-corrected chi connectivity index (χ2v) is 14.8. The maximum atomic E-state index is 14.0. The lowest BCUT2D eigenvalue weighted by molar-refractivity contribution is -0.142. The molecule has 0 saturated heterocycles. The number of aryl methyl sites for hydroxylation is 1. The van der Waals surface area contributed by atoms with Crippen LogP contribution in [0.4, 0.5) is 26.3 Å². The van der Waals surface area contributed by atoms with Crippen molar-refractivity contribution in [1.29, 1.82) is 0 Å². The number of fused-ring (bicyclic) bond motifs is 8. The number of aromatic nitrogens is 3. The van der Waals surface area contributed by atoms with E-state index in [1.54, 1.807) is 30.5 Å². The molecule has 2 spiro atoms. The smallest absolute Gasteiger partial charge is 0.383 e. The number of benzene rings is 1. The van der Waals surface area contributed by atoms with E-state index in [-0.39, 0.29) is 60.9 Å². The highest BCUT2D eigenvalue weighted by molar-refractivity contribution is 6.14.